The van der Waals surface area contributed by atoms with Crippen molar-refractivity contribution in [2.75, 3.05) is 16.0 Å². The highest BCUT2D eigenvalue weighted by Crippen LogP contribution is 2.15. The van der Waals surface area contributed by atoms with E-state index in [2.05, 4.69) is 49.1 Å². The van der Waals surface area contributed by atoms with Gasteiger partial charge in [-0.05, 0) is 53.1 Å². The third-order valence-electron chi connectivity index (χ3n) is 4.53. The molecule has 3 aromatic heterocycles. The summed E-state index contributed by atoms with van der Waals surface area (Å²) >= 11 is 0. The van der Waals surface area contributed by atoms with E-state index in [4.69, 9.17) is 0 Å². The Morgan fingerprint density at radius 3 is 1.07 bits per heavy atom. The molecule has 0 spiro atoms. The first kappa shape index (κ1) is 19.4. The van der Waals surface area contributed by atoms with Crippen LogP contribution in [0.5, 0.6) is 0 Å². The quantitative estimate of drug-likeness (QED) is 0.381. The first-order valence-corrected chi connectivity index (χ1v) is 9.91. The van der Waals surface area contributed by atoms with Gasteiger partial charge in [0, 0.05) is 38.2 Å². The van der Waals surface area contributed by atoms with E-state index in [-0.39, 0.29) is 0 Å². The molecule has 0 atom stereocenters. The Hall–Kier alpha value is -3.93. The van der Waals surface area contributed by atoms with E-state index in [1.807, 2.05) is 54.6 Å². The lowest BCUT2D eigenvalue weighted by Gasteiger charge is -2.13. The van der Waals surface area contributed by atoms with Gasteiger partial charge in [-0.2, -0.15) is 0 Å². The van der Waals surface area contributed by atoms with E-state index in [0.717, 1.165) is 17.5 Å². The van der Waals surface area contributed by atoms with E-state index in [1.165, 1.54) is 16.7 Å². The van der Waals surface area contributed by atoms with Crippen molar-refractivity contribution in [3.63, 3.8) is 0 Å². The lowest BCUT2D eigenvalue weighted by Crippen LogP contribution is -2.07. The molecule has 4 aromatic rings. The summed E-state index contributed by atoms with van der Waals surface area (Å²) < 4.78 is 0. The molecule has 6 heteroatoms. The predicted molar refractivity (Wildman–Crippen MR) is 121 cm³/mol. The molecule has 3 heterocycles. The standard InChI is InChI=1S/C24H24N6/c1-4-10-25-22(7-1)28-16-19-13-20(17-29-23-8-2-5-11-26-23)15-21(14-19)18-30-24-9-3-6-12-27-24/h1-15H,16-18H2,(H,25,28)(H,26,29)(H,27,30). The molecule has 1 aromatic carbocycles. The van der Waals surface area contributed by atoms with Gasteiger partial charge in [0.25, 0.3) is 0 Å². The lowest BCUT2D eigenvalue weighted by atomic mass is 10.0. The van der Waals surface area contributed by atoms with Crippen molar-refractivity contribution < 1.29 is 0 Å². The van der Waals surface area contributed by atoms with Gasteiger partial charge in [-0.25, -0.2) is 15.0 Å². The summed E-state index contributed by atoms with van der Waals surface area (Å²) in [6.07, 6.45) is 5.37. The molecule has 150 valence electrons. The molecule has 30 heavy (non-hydrogen) atoms. The predicted octanol–water partition coefficient (Wildman–Crippen LogP) is 4.71. The van der Waals surface area contributed by atoms with Gasteiger partial charge in [-0.1, -0.05) is 36.4 Å². The highest BCUT2D eigenvalue weighted by Gasteiger charge is 2.04. The van der Waals surface area contributed by atoms with Crippen LogP contribution in [-0.2, 0) is 19.6 Å². The third kappa shape index (κ3) is 5.78. The van der Waals surface area contributed by atoms with Crippen molar-refractivity contribution in [3.8, 4) is 0 Å². The van der Waals surface area contributed by atoms with Crippen molar-refractivity contribution in [1.29, 1.82) is 0 Å². The highest BCUT2D eigenvalue weighted by molar-refractivity contribution is 5.41. The second kappa shape index (κ2) is 10.0. The number of nitrogens with one attached hydrogen (secondary N) is 3. The largest absolute Gasteiger partial charge is 0.366 e. The Bertz CT molecular complexity index is 890. The Labute approximate surface area is 176 Å². The summed E-state index contributed by atoms with van der Waals surface area (Å²) in [5.41, 5.74) is 3.58. The molecular weight excluding hydrogens is 372 g/mol. The minimum absolute atomic E-state index is 0.699. The number of pyridine rings is 3. The number of rotatable bonds is 9. The van der Waals surface area contributed by atoms with Crippen molar-refractivity contribution in [1.82, 2.24) is 15.0 Å². The maximum Gasteiger partial charge on any atom is 0.126 e. The molecule has 0 aliphatic rings. The SMILES string of the molecule is c1ccc(NCc2cc(CNc3ccccn3)cc(CNc3ccccn3)c2)nc1. The van der Waals surface area contributed by atoms with Gasteiger partial charge in [0.15, 0.2) is 0 Å². The van der Waals surface area contributed by atoms with Crippen molar-refractivity contribution in [3.05, 3.63) is 108 Å². The summed E-state index contributed by atoms with van der Waals surface area (Å²) in [5, 5.41) is 10.2. The van der Waals surface area contributed by atoms with Crippen molar-refractivity contribution >= 4 is 17.5 Å². The minimum Gasteiger partial charge on any atom is -0.366 e. The fourth-order valence-electron chi connectivity index (χ4n) is 3.13. The Morgan fingerprint density at radius 2 is 0.800 bits per heavy atom. The van der Waals surface area contributed by atoms with Gasteiger partial charge < -0.3 is 16.0 Å². The molecule has 0 aliphatic carbocycles. The fraction of sp³-hybridized carbons (Fsp3) is 0.125. The first-order chi connectivity index (χ1) is 14.8. The molecule has 0 saturated heterocycles. The molecule has 0 unspecified atom stereocenters. The van der Waals surface area contributed by atoms with E-state index in [1.54, 1.807) is 18.6 Å². The van der Waals surface area contributed by atoms with E-state index >= 15 is 0 Å². The molecule has 0 aliphatic heterocycles. The van der Waals surface area contributed by atoms with Crippen molar-refractivity contribution in [2.24, 2.45) is 0 Å². The summed E-state index contributed by atoms with van der Waals surface area (Å²) in [5.74, 6) is 2.59. The second-order valence-electron chi connectivity index (χ2n) is 6.86. The number of anilines is 3. The van der Waals surface area contributed by atoms with Crippen LogP contribution in [0.25, 0.3) is 0 Å². The van der Waals surface area contributed by atoms with Crippen LogP contribution in [0, 0.1) is 0 Å². The topological polar surface area (TPSA) is 74.8 Å². The summed E-state index contributed by atoms with van der Waals surface area (Å²) in [6.45, 7) is 2.10. The van der Waals surface area contributed by atoms with Gasteiger partial charge in [-0.3, -0.25) is 0 Å². The molecule has 4 rings (SSSR count). The van der Waals surface area contributed by atoms with Crippen LogP contribution in [0.2, 0.25) is 0 Å². The molecule has 6 nitrogen and oxygen atoms in total. The summed E-state index contributed by atoms with van der Waals surface area (Å²) in [4.78, 5) is 13.0. The van der Waals surface area contributed by atoms with Gasteiger partial charge >= 0.3 is 0 Å². The van der Waals surface area contributed by atoms with E-state index in [0.29, 0.717) is 19.6 Å². The van der Waals surface area contributed by atoms with Crippen LogP contribution in [0.3, 0.4) is 0 Å². The zero-order valence-corrected chi connectivity index (χ0v) is 16.6. The fourth-order valence-corrected chi connectivity index (χ4v) is 3.13. The maximum atomic E-state index is 4.34. The molecule has 0 saturated carbocycles. The maximum absolute atomic E-state index is 4.34. The second-order valence-corrected chi connectivity index (χ2v) is 6.86. The molecule has 0 radical (unpaired) electrons. The minimum atomic E-state index is 0.699. The number of hydrogen-bond donors (Lipinski definition) is 3. The van der Waals surface area contributed by atoms with Crippen LogP contribution in [0.15, 0.2) is 91.4 Å². The van der Waals surface area contributed by atoms with Crippen LogP contribution < -0.4 is 16.0 Å². The third-order valence-corrected chi connectivity index (χ3v) is 4.53. The Kier molecular flexibility index (Phi) is 6.48. The number of hydrogen-bond acceptors (Lipinski definition) is 6. The molecule has 3 N–H and O–H groups in total. The van der Waals surface area contributed by atoms with Crippen LogP contribution in [0.1, 0.15) is 16.7 Å². The van der Waals surface area contributed by atoms with Crippen molar-refractivity contribution in [2.45, 2.75) is 19.6 Å². The van der Waals surface area contributed by atoms with E-state index < -0.39 is 0 Å². The monoisotopic (exact) mass is 396 g/mol. The number of nitrogens with zero attached hydrogens (tertiary/aromatic N) is 3. The molecule has 0 fully saturated rings. The zero-order valence-electron chi connectivity index (χ0n) is 16.6. The van der Waals surface area contributed by atoms with Crippen LogP contribution in [0.4, 0.5) is 17.5 Å². The normalized spacial score (nSPS) is 10.4. The van der Waals surface area contributed by atoms with Gasteiger partial charge in [0.2, 0.25) is 0 Å². The molecule has 0 bridgehead atoms. The van der Waals surface area contributed by atoms with Crippen LogP contribution in [-0.4, -0.2) is 15.0 Å². The number of aromatic nitrogens is 3. The first-order valence-electron chi connectivity index (χ1n) is 9.91. The van der Waals surface area contributed by atoms with Gasteiger partial charge in [0.1, 0.15) is 17.5 Å². The summed E-state index contributed by atoms with van der Waals surface area (Å²) in [7, 11) is 0. The van der Waals surface area contributed by atoms with Gasteiger partial charge in [-0.15, -0.1) is 0 Å². The number of benzene rings is 1. The van der Waals surface area contributed by atoms with Crippen LogP contribution >= 0.6 is 0 Å². The highest BCUT2D eigenvalue weighted by atomic mass is 15.0. The Morgan fingerprint density at radius 1 is 0.467 bits per heavy atom. The average molecular weight is 396 g/mol. The lowest BCUT2D eigenvalue weighted by molar-refractivity contribution is 1.03. The zero-order chi connectivity index (χ0) is 20.4. The smallest absolute Gasteiger partial charge is 0.126 e. The molecule has 0 amide bonds. The van der Waals surface area contributed by atoms with E-state index in [9.17, 15) is 0 Å². The summed E-state index contributed by atoms with van der Waals surface area (Å²) in [6, 6.07) is 24.2. The molecular formula is C24H24N6. The average Bonchev–Trinajstić information content (AvgIpc) is 2.82. The van der Waals surface area contributed by atoms with Gasteiger partial charge in [0.05, 0.1) is 0 Å². The Balaban J connectivity index is 1.48.